The fourth-order valence-electron chi connectivity index (χ4n) is 5.29. The molecule has 3 aromatic carbocycles. The lowest BCUT2D eigenvalue weighted by Gasteiger charge is -2.39. The number of piperidine rings is 1. The molecule has 1 amide bonds. The van der Waals surface area contributed by atoms with Crippen molar-refractivity contribution in [3.05, 3.63) is 82.9 Å². The maximum Gasteiger partial charge on any atom is 0.254 e. The lowest BCUT2D eigenvalue weighted by molar-refractivity contribution is 0.0358. The van der Waals surface area contributed by atoms with Crippen LogP contribution in [0.4, 0.5) is 0 Å². The minimum Gasteiger partial charge on any atom is -0.490 e. The monoisotopic (exact) mass is 507 g/mol. The first-order valence-electron chi connectivity index (χ1n) is 12.0. The summed E-state index contributed by atoms with van der Waals surface area (Å²) in [7, 11) is 0. The average Bonchev–Trinajstić information content (AvgIpc) is 3.45. The van der Waals surface area contributed by atoms with Gasteiger partial charge in [-0.05, 0) is 66.9 Å². The van der Waals surface area contributed by atoms with Crippen LogP contribution in [0.3, 0.4) is 0 Å². The van der Waals surface area contributed by atoms with Gasteiger partial charge in [0.2, 0.25) is 6.79 Å². The number of ether oxygens (including phenoxy) is 3. The van der Waals surface area contributed by atoms with Crippen molar-refractivity contribution in [1.82, 2.24) is 4.90 Å². The fraction of sp³-hybridized carbons (Fsp3) is 0.321. The molecule has 7 heteroatoms. The van der Waals surface area contributed by atoms with Crippen LogP contribution in [-0.2, 0) is 5.75 Å². The smallest absolute Gasteiger partial charge is 0.254 e. The first-order valence-corrected chi connectivity index (χ1v) is 13.3. The molecule has 5 nitrogen and oxygen atoms in total. The van der Waals surface area contributed by atoms with Crippen LogP contribution in [0.2, 0.25) is 5.02 Å². The van der Waals surface area contributed by atoms with E-state index in [0.29, 0.717) is 0 Å². The van der Waals surface area contributed by atoms with Crippen LogP contribution in [0, 0.1) is 0 Å². The fourth-order valence-corrected chi connectivity index (χ4v) is 6.27. The molecular weight excluding hydrogens is 482 g/mol. The highest BCUT2D eigenvalue weighted by molar-refractivity contribution is 7.98. The molecule has 2 saturated heterocycles. The van der Waals surface area contributed by atoms with Gasteiger partial charge in [0.25, 0.3) is 5.91 Å². The molecule has 2 bridgehead atoms. The average molecular weight is 508 g/mol. The van der Waals surface area contributed by atoms with Gasteiger partial charge < -0.3 is 19.1 Å². The van der Waals surface area contributed by atoms with Gasteiger partial charge in [-0.15, -0.1) is 11.8 Å². The number of fused-ring (bicyclic) bond motifs is 3. The van der Waals surface area contributed by atoms with Crippen LogP contribution in [0.1, 0.15) is 41.6 Å². The number of hydrogen-bond donors (Lipinski definition) is 0. The quantitative estimate of drug-likeness (QED) is 0.353. The first-order chi connectivity index (χ1) is 17.1. The van der Waals surface area contributed by atoms with Crippen LogP contribution >= 0.6 is 23.4 Å². The van der Waals surface area contributed by atoms with E-state index in [-0.39, 0.29) is 30.9 Å². The predicted octanol–water partition coefficient (Wildman–Crippen LogP) is 6.58. The number of amides is 1. The van der Waals surface area contributed by atoms with Gasteiger partial charge in [0.15, 0.2) is 11.5 Å². The number of rotatable bonds is 6. The molecule has 3 aliphatic rings. The molecule has 3 heterocycles. The van der Waals surface area contributed by atoms with Crippen molar-refractivity contribution >= 4 is 29.3 Å². The van der Waals surface area contributed by atoms with E-state index in [2.05, 4.69) is 17.0 Å². The van der Waals surface area contributed by atoms with Crippen molar-refractivity contribution in [3.63, 3.8) is 0 Å². The Labute approximate surface area is 214 Å². The van der Waals surface area contributed by atoms with Crippen molar-refractivity contribution in [2.45, 2.75) is 54.5 Å². The Morgan fingerprint density at radius 3 is 2.40 bits per heavy atom. The topological polar surface area (TPSA) is 48.0 Å². The van der Waals surface area contributed by atoms with Gasteiger partial charge in [0, 0.05) is 52.2 Å². The number of thioether (sulfide) groups is 1. The number of carbonyl (C=O) groups is 1. The summed E-state index contributed by atoms with van der Waals surface area (Å²) in [4.78, 5) is 16.7. The van der Waals surface area contributed by atoms with E-state index in [4.69, 9.17) is 25.8 Å². The standard InChI is InChI=1S/C28H26ClNO4S/c29-20-5-10-25(11-6-20)35-16-18-1-3-19(4-2-18)28(31)30-21-7-8-22(30)14-24(13-21)34-23-9-12-26-27(15-23)33-17-32-26/h1-6,9-12,15,21-22,24H,7-8,13-14,16-17H2. The minimum absolute atomic E-state index is 0.101. The van der Waals surface area contributed by atoms with Gasteiger partial charge in [-0.3, -0.25) is 4.79 Å². The molecule has 2 atom stereocenters. The van der Waals surface area contributed by atoms with Crippen molar-refractivity contribution < 1.29 is 19.0 Å². The Kier molecular flexibility index (Phi) is 6.25. The zero-order valence-electron chi connectivity index (χ0n) is 19.2. The zero-order valence-corrected chi connectivity index (χ0v) is 20.8. The second-order valence-electron chi connectivity index (χ2n) is 9.26. The molecule has 0 saturated carbocycles. The van der Waals surface area contributed by atoms with E-state index in [9.17, 15) is 4.79 Å². The van der Waals surface area contributed by atoms with Crippen molar-refractivity contribution in [1.29, 1.82) is 0 Å². The molecule has 3 aliphatic heterocycles. The molecule has 6 rings (SSSR count). The van der Waals surface area contributed by atoms with Crippen LogP contribution in [0.5, 0.6) is 17.2 Å². The summed E-state index contributed by atoms with van der Waals surface area (Å²) in [6, 6.07) is 22.1. The molecule has 0 aliphatic carbocycles. The number of carbonyl (C=O) groups excluding carboxylic acids is 1. The highest BCUT2D eigenvalue weighted by atomic mass is 35.5. The van der Waals surface area contributed by atoms with Gasteiger partial charge >= 0.3 is 0 Å². The van der Waals surface area contributed by atoms with Gasteiger partial charge in [-0.1, -0.05) is 23.7 Å². The Bertz CT molecular complexity index is 1200. The minimum atomic E-state index is 0.101. The van der Waals surface area contributed by atoms with Crippen LogP contribution < -0.4 is 14.2 Å². The molecular formula is C28H26ClNO4S. The maximum absolute atomic E-state index is 13.4. The largest absolute Gasteiger partial charge is 0.490 e. The SMILES string of the molecule is O=C(c1ccc(CSc2ccc(Cl)cc2)cc1)N1C2CCC1CC(Oc1ccc3c(c1)OCO3)C2. The number of nitrogens with zero attached hydrogens (tertiary/aromatic N) is 1. The molecule has 180 valence electrons. The molecule has 0 spiro atoms. The molecule has 0 aromatic heterocycles. The van der Waals surface area contributed by atoms with Gasteiger partial charge in [0.1, 0.15) is 11.9 Å². The van der Waals surface area contributed by atoms with Gasteiger partial charge in [-0.2, -0.15) is 0 Å². The summed E-state index contributed by atoms with van der Waals surface area (Å²) in [6.07, 6.45) is 3.88. The predicted molar refractivity (Wildman–Crippen MR) is 137 cm³/mol. The second-order valence-corrected chi connectivity index (χ2v) is 10.7. The van der Waals surface area contributed by atoms with Crippen LogP contribution in [0.25, 0.3) is 0 Å². The number of halogens is 1. The summed E-state index contributed by atoms with van der Waals surface area (Å²) in [6.45, 7) is 0.256. The highest BCUT2D eigenvalue weighted by Crippen LogP contribution is 2.40. The van der Waals surface area contributed by atoms with Crippen LogP contribution in [0.15, 0.2) is 71.6 Å². The molecule has 2 unspecified atom stereocenters. The lowest BCUT2D eigenvalue weighted by atomic mass is 9.98. The molecule has 0 radical (unpaired) electrons. The highest BCUT2D eigenvalue weighted by Gasteiger charge is 2.44. The Morgan fingerprint density at radius 1 is 0.943 bits per heavy atom. The third kappa shape index (κ3) is 4.82. The van der Waals surface area contributed by atoms with E-state index in [1.807, 2.05) is 54.6 Å². The zero-order chi connectivity index (χ0) is 23.8. The summed E-state index contributed by atoms with van der Waals surface area (Å²) < 4.78 is 17.2. The Hall–Kier alpha value is -2.83. The molecule has 3 aromatic rings. The van der Waals surface area contributed by atoms with E-state index < -0.39 is 0 Å². The second kappa shape index (κ2) is 9.67. The Balaban J connectivity index is 1.07. The van der Waals surface area contributed by atoms with E-state index in [1.165, 1.54) is 10.5 Å². The van der Waals surface area contributed by atoms with Crippen LogP contribution in [-0.4, -0.2) is 35.8 Å². The van der Waals surface area contributed by atoms with E-state index in [0.717, 1.165) is 59.3 Å². The molecule has 35 heavy (non-hydrogen) atoms. The summed E-state index contributed by atoms with van der Waals surface area (Å²) >= 11 is 7.73. The summed E-state index contributed by atoms with van der Waals surface area (Å²) in [5, 5.41) is 0.745. The summed E-state index contributed by atoms with van der Waals surface area (Å²) in [5.74, 6) is 3.27. The first kappa shape index (κ1) is 22.6. The van der Waals surface area contributed by atoms with Crippen molar-refractivity contribution in [2.75, 3.05) is 6.79 Å². The summed E-state index contributed by atoms with van der Waals surface area (Å²) in [5.41, 5.74) is 1.96. The Morgan fingerprint density at radius 2 is 1.66 bits per heavy atom. The third-order valence-corrected chi connectivity index (χ3v) is 8.33. The third-order valence-electron chi connectivity index (χ3n) is 6.99. The van der Waals surface area contributed by atoms with Gasteiger partial charge in [-0.25, -0.2) is 0 Å². The lowest BCUT2D eigenvalue weighted by Crippen LogP contribution is -2.49. The van der Waals surface area contributed by atoms with Gasteiger partial charge in [0.05, 0.1) is 0 Å². The number of hydrogen-bond acceptors (Lipinski definition) is 5. The number of benzene rings is 3. The molecule has 2 fully saturated rings. The van der Waals surface area contributed by atoms with Crippen molar-refractivity contribution in [3.8, 4) is 17.2 Å². The van der Waals surface area contributed by atoms with E-state index in [1.54, 1.807) is 11.8 Å². The maximum atomic E-state index is 13.4. The normalized spacial score (nSPS) is 22.3. The van der Waals surface area contributed by atoms with E-state index >= 15 is 0 Å². The van der Waals surface area contributed by atoms with Crippen molar-refractivity contribution in [2.24, 2.45) is 0 Å². The molecule has 0 N–H and O–H groups in total.